The lowest BCUT2D eigenvalue weighted by molar-refractivity contribution is -0.225. The predicted octanol–water partition coefficient (Wildman–Crippen LogP) is 9.79. The van der Waals surface area contributed by atoms with Gasteiger partial charge in [-0.3, -0.25) is 24.0 Å². The van der Waals surface area contributed by atoms with Crippen molar-refractivity contribution in [1.82, 2.24) is 0 Å². The first kappa shape index (κ1) is 53.7. The Bertz CT molecular complexity index is 1740. The topological polar surface area (TPSA) is 178 Å². The van der Waals surface area contributed by atoms with Crippen molar-refractivity contribution in [2.45, 2.75) is 222 Å². The lowest BCUT2D eigenvalue weighted by Gasteiger charge is -2.61. The Hall–Kier alpha value is -3.22. The van der Waals surface area contributed by atoms with Crippen molar-refractivity contribution in [2.75, 3.05) is 19.8 Å². The summed E-state index contributed by atoms with van der Waals surface area (Å²) in [5, 5.41) is 10.6. The van der Waals surface area contributed by atoms with Crippen molar-refractivity contribution in [2.24, 2.45) is 56.7 Å². The molecule has 1 heterocycles. The van der Waals surface area contributed by atoms with Gasteiger partial charge in [0, 0.05) is 17.3 Å². The van der Waals surface area contributed by atoms with Crippen molar-refractivity contribution in [1.29, 1.82) is 0 Å². The third-order valence-electron chi connectivity index (χ3n) is 17.1. The molecule has 9 fully saturated rings. The van der Waals surface area contributed by atoms with E-state index in [0.717, 1.165) is 56.3 Å². The van der Waals surface area contributed by atoms with E-state index in [0.29, 0.717) is 24.7 Å². The molecule has 13 heteroatoms. The summed E-state index contributed by atoms with van der Waals surface area (Å²) in [6.45, 7) is 25.4. The summed E-state index contributed by atoms with van der Waals surface area (Å²) in [5.41, 5.74) is -2.92. The highest BCUT2D eigenvalue weighted by atomic mass is 16.6. The van der Waals surface area contributed by atoms with Crippen molar-refractivity contribution in [3.8, 4) is 0 Å². The Morgan fingerprint density at radius 2 is 1.08 bits per heavy atom. The molecule has 3 unspecified atom stereocenters. The van der Waals surface area contributed by atoms with Gasteiger partial charge >= 0.3 is 35.8 Å². The maximum absolute atomic E-state index is 12.6. The Morgan fingerprint density at radius 1 is 0.621 bits per heavy atom. The molecule has 1 aliphatic heterocycles. The number of aliphatic hydroxyl groups is 1. The lowest BCUT2D eigenvalue weighted by atomic mass is 9.46. The van der Waals surface area contributed by atoms with E-state index >= 15 is 0 Å². The zero-order valence-electron chi connectivity index (χ0n) is 43.0. The second-order valence-electron chi connectivity index (χ2n) is 24.9. The van der Waals surface area contributed by atoms with Crippen molar-refractivity contribution >= 4 is 35.8 Å². The van der Waals surface area contributed by atoms with E-state index in [1.54, 1.807) is 27.7 Å². The highest BCUT2D eigenvalue weighted by Gasteiger charge is 2.61. The van der Waals surface area contributed by atoms with E-state index in [-0.39, 0.29) is 72.6 Å². The van der Waals surface area contributed by atoms with Gasteiger partial charge in [-0.25, -0.2) is 4.79 Å². The van der Waals surface area contributed by atoms with E-state index in [1.807, 2.05) is 41.5 Å². The minimum Gasteiger partial charge on any atom is -0.462 e. The summed E-state index contributed by atoms with van der Waals surface area (Å²) >= 11 is 0. The second-order valence-corrected chi connectivity index (χ2v) is 24.9. The number of carbonyl (C=O) groups is 6. The van der Waals surface area contributed by atoms with Crippen molar-refractivity contribution in [3.63, 3.8) is 0 Å². The summed E-state index contributed by atoms with van der Waals surface area (Å²) < 4.78 is 32.0. The summed E-state index contributed by atoms with van der Waals surface area (Å²) in [7, 11) is 0. The molecule has 0 spiro atoms. The monoisotopic (exact) mass is 931 g/mol. The van der Waals surface area contributed by atoms with E-state index in [2.05, 4.69) is 20.8 Å². The van der Waals surface area contributed by atoms with Crippen LogP contribution in [-0.2, 0) is 57.2 Å². The van der Waals surface area contributed by atoms with Crippen LogP contribution in [0.1, 0.15) is 199 Å². The Labute approximate surface area is 395 Å². The van der Waals surface area contributed by atoms with Crippen LogP contribution >= 0.6 is 0 Å². The molecular formula is C53H86O13. The van der Waals surface area contributed by atoms with E-state index in [1.165, 1.54) is 44.9 Å². The fraction of sp³-hybridized carbons (Fsp3) is 0.887. The molecule has 66 heavy (non-hydrogen) atoms. The molecule has 0 radical (unpaired) electrons. The fourth-order valence-corrected chi connectivity index (χ4v) is 12.2. The van der Waals surface area contributed by atoms with Gasteiger partial charge in [0.1, 0.15) is 31.0 Å². The smallest absolute Gasteiger partial charge is 0.348 e. The van der Waals surface area contributed by atoms with Crippen LogP contribution in [0.2, 0.25) is 0 Å². The van der Waals surface area contributed by atoms with Crippen LogP contribution in [0.4, 0.5) is 0 Å². The normalized spacial score (nSPS) is 32.5. The molecule has 13 nitrogen and oxygen atoms in total. The van der Waals surface area contributed by atoms with Gasteiger partial charge in [-0.1, -0.05) is 34.6 Å². The molecule has 0 amide bonds. The quantitative estimate of drug-likeness (QED) is 0.0880. The average Bonchev–Trinajstić information content (AvgIpc) is 3.46. The number of esters is 6. The van der Waals surface area contributed by atoms with Gasteiger partial charge < -0.3 is 33.5 Å². The molecule has 8 aliphatic carbocycles. The number of hydrogen-bond donors (Lipinski definition) is 1. The third kappa shape index (κ3) is 12.5. The predicted molar refractivity (Wildman–Crippen MR) is 247 cm³/mol. The number of rotatable bonds is 16. The third-order valence-corrected chi connectivity index (χ3v) is 17.1. The first-order valence-corrected chi connectivity index (χ1v) is 25.3. The Kier molecular flexibility index (Phi) is 16.3. The molecule has 1 N–H and O–H groups in total. The molecular weight excluding hydrogens is 845 g/mol. The maximum atomic E-state index is 12.6. The van der Waals surface area contributed by atoms with Crippen LogP contribution in [0, 0.1) is 56.7 Å². The van der Waals surface area contributed by atoms with E-state index < -0.39 is 45.9 Å². The van der Waals surface area contributed by atoms with Crippen LogP contribution in [0.15, 0.2) is 0 Å². The maximum Gasteiger partial charge on any atom is 0.348 e. The van der Waals surface area contributed by atoms with Crippen LogP contribution in [-0.4, -0.2) is 83.7 Å². The van der Waals surface area contributed by atoms with E-state index in [9.17, 15) is 33.9 Å². The van der Waals surface area contributed by atoms with Crippen LogP contribution < -0.4 is 0 Å². The molecule has 3 atom stereocenters. The molecule has 0 aromatic heterocycles. The zero-order valence-corrected chi connectivity index (χ0v) is 43.0. The van der Waals surface area contributed by atoms with Gasteiger partial charge in [-0.05, 0) is 175 Å². The van der Waals surface area contributed by atoms with Crippen molar-refractivity contribution < 1.29 is 62.3 Å². The fourth-order valence-electron chi connectivity index (χ4n) is 12.2. The van der Waals surface area contributed by atoms with Crippen LogP contribution in [0.3, 0.4) is 0 Å². The SMILES string of the molecule is CCC(C)(C)C(=O)OC(C)(C)C12CC3CC(CC(C3)C1)C2.CCC(C)(C)C(=O)OC12CC3CC(CC(O)(C3)C1)C2.CCC(C)(C)C(=O)OCCOC(=O)CCC(=O)OC1C(=O)OCC1(C)C. The van der Waals surface area contributed by atoms with E-state index in [4.69, 9.17) is 28.4 Å². The Morgan fingerprint density at radius 3 is 1.55 bits per heavy atom. The van der Waals surface area contributed by atoms with Crippen LogP contribution in [0.25, 0.3) is 0 Å². The molecule has 8 bridgehead atoms. The molecule has 0 aromatic rings. The van der Waals surface area contributed by atoms with Gasteiger partial charge in [0.25, 0.3) is 0 Å². The number of ether oxygens (including phenoxy) is 6. The molecule has 8 saturated carbocycles. The highest BCUT2D eigenvalue weighted by Crippen LogP contribution is 2.64. The van der Waals surface area contributed by atoms with Gasteiger partial charge in [0.2, 0.25) is 6.10 Å². The number of cyclic esters (lactones) is 1. The second kappa shape index (κ2) is 20.0. The summed E-state index contributed by atoms with van der Waals surface area (Å²) in [6.07, 6.45) is 14.7. The molecule has 9 aliphatic rings. The summed E-state index contributed by atoms with van der Waals surface area (Å²) in [4.78, 5) is 71.7. The molecule has 1 saturated heterocycles. The summed E-state index contributed by atoms with van der Waals surface area (Å²) in [6, 6.07) is 0. The first-order chi connectivity index (χ1) is 30.4. The Balaban J connectivity index is 0.000000188. The van der Waals surface area contributed by atoms with Gasteiger partial charge in [-0.15, -0.1) is 0 Å². The average molecular weight is 931 g/mol. The first-order valence-electron chi connectivity index (χ1n) is 25.3. The van der Waals surface area contributed by atoms with Crippen LogP contribution in [0.5, 0.6) is 0 Å². The summed E-state index contributed by atoms with van der Waals surface area (Å²) in [5.74, 6) is 1.50. The number of hydrogen-bond acceptors (Lipinski definition) is 13. The molecule has 0 aromatic carbocycles. The number of carbonyl (C=O) groups excluding carboxylic acids is 6. The largest absolute Gasteiger partial charge is 0.462 e. The van der Waals surface area contributed by atoms with Gasteiger partial charge in [-0.2, -0.15) is 0 Å². The van der Waals surface area contributed by atoms with Gasteiger partial charge in [0.05, 0.1) is 34.7 Å². The minimum atomic E-state index is -0.965. The highest BCUT2D eigenvalue weighted by molar-refractivity contribution is 5.83. The van der Waals surface area contributed by atoms with Gasteiger partial charge in [0.15, 0.2) is 0 Å². The van der Waals surface area contributed by atoms with Crippen molar-refractivity contribution in [3.05, 3.63) is 0 Å². The minimum absolute atomic E-state index is 0.00857. The molecule has 9 rings (SSSR count). The standard InChI is InChI=1S/C19H32O2.C18H28O8.C16H26O3/c1-6-17(2,3)16(20)21-18(4,5)19-10-13-7-14(11-19)9-15(8-13)12-19;1-6-17(2,3)16(22)24-10-9-23-12(19)7-8-13(20)26-14-15(21)25-11-18(14,4)5;1-4-14(2,3)13(17)19-16-8-11-5-12(9-16)7-15(18,6-11)10-16/h13-15H,6-12H2,1-5H3;14H,6-11H2,1-5H3;11-12,18H,4-10H2,1-3H3. The zero-order chi connectivity index (χ0) is 49.3. The lowest BCUT2D eigenvalue weighted by Crippen LogP contribution is -2.61. The molecule has 376 valence electrons.